The molecule has 0 atom stereocenters. The molecule has 174 valence electrons. The molecule has 32 heavy (non-hydrogen) atoms. The van der Waals surface area contributed by atoms with Gasteiger partial charge in [-0.25, -0.2) is 4.79 Å². The van der Waals surface area contributed by atoms with Gasteiger partial charge in [-0.05, 0) is 36.4 Å². The number of hydrogen-bond donors (Lipinski definition) is 2. The van der Waals surface area contributed by atoms with Crippen LogP contribution < -0.4 is 11.5 Å². The van der Waals surface area contributed by atoms with Crippen molar-refractivity contribution < 1.29 is 40.7 Å². The molecular weight excluding hydrogens is 491 g/mol. The first-order valence-electron chi connectivity index (χ1n) is 8.03. The third kappa shape index (κ3) is 7.61. The van der Waals surface area contributed by atoms with Crippen molar-refractivity contribution in [2.45, 2.75) is 12.4 Å². The largest absolute Gasteiger partial charge is 0.465 e. The van der Waals surface area contributed by atoms with E-state index in [0.717, 1.165) is 31.4 Å². The van der Waals surface area contributed by atoms with E-state index < -0.39 is 46.9 Å². The summed E-state index contributed by atoms with van der Waals surface area (Å²) in [4.78, 5) is 25.5. The molecule has 0 aliphatic heterocycles. The van der Waals surface area contributed by atoms with Crippen molar-refractivity contribution in [1.29, 1.82) is 0 Å². The van der Waals surface area contributed by atoms with E-state index in [4.69, 9.17) is 34.7 Å². The average Bonchev–Trinajstić information content (AvgIpc) is 2.66. The van der Waals surface area contributed by atoms with Crippen molar-refractivity contribution in [3.63, 3.8) is 0 Å². The van der Waals surface area contributed by atoms with Crippen LogP contribution in [0.3, 0.4) is 0 Å². The van der Waals surface area contributed by atoms with Gasteiger partial charge in [0.1, 0.15) is 0 Å². The summed E-state index contributed by atoms with van der Waals surface area (Å²) in [6, 6.07) is 4.78. The monoisotopic (exact) mass is 503 g/mol. The van der Waals surface area contributed by atoms with Gasteiger partial charge in [-0.3, -0.25) is 4.79 Å². The molecule has 0 radical (unpaired) electrons. The molecular formula is C18H13Cl2F6N3O3. The number of amides is 1. The van der Waals surface area contributed by atoms with Crippen LogP contribution in [0, 0.1) is 0 Å². The first-order valence-corrected chi connectivity index (χ1v) is 8.79. The van der Waals surface area contributed by atoms with Crippen molar-refractivity contribution in [2.75, 3.05) is 7.11 Å². The molecule has 2 aromatic rings. The summed E-state index contributed by atoms with van der Waals surface area (Å²) in [5, 5.41) is -0.233. The quantitative estimate of drug-likeness (QED) is 0.262. The fourth-order valence-electron chi connectivity index (χ4n) is 2.01. The number of halogens is 8. The summed E-state index contributed by atoms with van der Waals surface area (Å²) in [6.07, 6.45) is -9.08. The summed E-state index contributed by atoms with van der Waals surface area (Å²) >= 11 is 11.1. The Hall–Kier alpha value is -2.99. The Bertz CT molecular complexity index is 1040. The van der Waals surface area contributed by atoms with Gasteiger partial charge in [0, 0.05) is 0 Å². The minimum Gasteiger partial charge on any atom is -0.465 e. The number of esters is 1. The summed E-state index contributed by atoms with van der Waals surface area (Å²) in [5.41, 5.74) is 7.25. The number of guanidine groups is 1. The fourth-order valence-corrected chi connectivity index (χ4v) is 2.40. The number of alkyl halides is 6. The molecule has 0 saturated carbocycles. The lowest BCUT2D eigenvalue weighted by Gasteiger charge is -2.08. The molecule has 4 N–H and O–H groups in total. The van der Waals surface area contributed by atoms with E-state index in [0.29, 0.717) is 12.1 Å². The second kappa shape index (κ2) is 10.6. The van der Waals surface area contributed by atoms with Crippen LogP contribution in [0.25, 0.3) is 0 Å². The van der Waals surface area contributed by atoms with Crippen LogP contribution in [-0.4, -0.2) is 24.9 Å². The van der Waals surface area contributed by atoms with Crippen LogP contribution in [0.4, 0.5) is 26.3 Å². The molecule has 2 aromatic carbocycles. The predicted octanol–water partition coefficient (Wildman–Crippen LogP) is 4.92. The molecule has 0 aromatic heterocycles. The van der Waals surface area contributed by atoms with Crippen molar-refractivity contribution in [3.05, 3.63) is 68.7 Å². The second-order valence-electron chi connectivity index (χ2n) is 5.72. The van der Waals surface area contributed by atoms with Gasteiger partial charge in [-0.1, -0.05) is 23.2 Å². The molecule has 0 saturated heterocycles. The van der Waals surface area contributed by atoms with Gasteiger partial charge in [-0.2, -0.15) is 31.3 Å². The Kier molecular flexibility index (Phi) is 8.92. The predicted molar refractivity (Wildman–Crippen MR) is 104 cm³/mol. The third-order valence-electron chi connectivity index (χ3n) is 3.45. The van der Waals surface area contributed by atoms with E-state index in [1.165, 1.54) is 0 Å². The maximum absolute atomic E-state index is 12.4. The zero-order valence-corrected chi connectivity index (χ0v) is 17.3. The van der Waals surface area contributed by atoms with Crippen LogP contribution >= 0.6 is 23.2 Å². The maximum atomic E-state index is 12.4. The molecule has 0 bridgehead atoms. The normalized spacial score (nSPS) is 11.2. The minimum atomic E-state index is -4.57. The highest BCUT2D eigenvalue weighted by Crippen LogP contribution is 2.33. The van der Waals surface area contributed by atoms with Crippen molar-refractivity contribution in [2.24, 2.45) is 16.5 Å². The van der Waals surface area contributed by atoms with Crippen molar-refractivity contribution in [1.82, 2.24) is 0 Å². The van der Waals surface area contributed by atoms with Gasteiger partial charge in [0.25, 0.3) is 5.91 Å². The molecule has 2 rings (SSSR count). The topological polar surface area (TPSA) is 108 Å². The number of nitrogens with zero attached hydrogens (tertiary/aromatic N) is 1. The zero-order valence-electron chi connectivity index (χ0n) is 15.8. The Morgan fingerprint density at radius 2 is 1.25 bits per heavy atom. The van der Waals surface area contributed by atoms with Crippen molar-refractivity contribution >= 4 is 41.0 Å². The van der Waals surface area contributed by atoms with Crippen LogP contribution in [0.5, 0.6) is 0 Å². The highest BCUT2D eigenvalue weighted by atomic mass is 35.5. The average molecular weight is 504 g/mol. The van der Waals surface area contributed by atoms with E-state index in [2.05, 4.69) is 9.73 Å². The number of methoxy groups -OCH3 is 1. The lowest BCUT2D eigenvalue weighted by atomic mass is 10.1. The van der Waals surface area contributed by atoms with E-state index in [1.54, 1.807) is 0 Å². The number of rotatable bonds is 2. The lowest BCUT2D eigenvalue weighted by Crippen LogP contribution is -2.24. The highest BCUT2D eigenvalue weighted by molar-refractivity contribution is 6.34. The number of benzene rings is 2. The molecule has 0 spiro atoms. The van der Waals surface area contributed by atoms with E-state index >= 15 is 0 Å². The minimum absolute atomic E-state index is 0.0742. The van der Waals surface area contributed by atoms with Gasteiger partial charge >= 0.3 is 18.3 Å². The van der Waals surface area contributed by atoms with Crippen LogP contribution in [0.2, 0.25) is 10.0 Å². The number of nitrogens with two attached hydrogens (primary N) is 2. The third-order valence-corrected chi connectivity index (χ3v) is 4.11. The molecule has 14 heteroatoms. The molecule has 0 aliphatic carbocycles. The number of carbonyl (C=O) groups is 2. The van der Waals surface area contributed by atoms with Gasteiger partial charge < -0.3 is 16.2 Å². The van der Waals surface area contributed by atoms with Crippen LogP contribution in [-0.2, 0) is 17.1 Å². The van der Waals surface area contributed by atoms with E-state index in [9.17, 15) is 35.9 Å². The lowest BCUT2D eigenvalue weighted by molar-refractivity contribution is -0.138. The van der Waals surface area contributed by atoms with Gasteiger partial charge in [0.05, 0.1) is 39.4 Å². The summed E-state index contributed by atoms with van der Waals surface area (Å²) in [7, 11) is 1.07. The van der Waals surface area contributed by atoms with Gasteiger partial charge in [-0.15, -0.1) is 0 Å². The first kappa shape index (κ1) is 27.0. The number of aliphatic imine (C=N–C) groups is 1. The smallest absolute Gasteiger partial charge is 0.416 e. The molecule has 0 fully saturated rings. The second-order valence-corrected chi connectivity index (χ2v) is 6.53. The SMILES string of the molecule is COC(=O)c1cc(C(F)(F)F)ccc1Cl.NC(N)=NC(=O)c1cc(C(F)(F)F)ccc1Cl. The molecule has 1 amide bonds. The summed E-state index contributed by atoms with van der Waals surface area (Å²) in [5.74, 6) is -2.48. The molecule has 0 aliphatic rings. The summed E-state index contributed by atoms with van der Waals surface area (Å²) < 4.78 is 78.3. The Morgan fingerprint density at radius 1 is 0.844 bits per heavy atom. The standard InChI is InChI=1S/C9H7ClF3N3O.C9H6ClF3O2/c10-6-2-1-4(9(11,12)13)3-5(6)7(17)16-8(14)15;1-15-8(14)6-4-5(9(11,12)13)2-3-7(6)10/h1-3H,(H4,14,15,16,17);2-4H,1H3. The van der Waals surface area contributed by atoms with E-state index in [-0.39, 0.29) is 15.6 Å². The molecule has 0 unspecified atom stereocenters. The zero-order chi connectivity index (χ0) is 24.9. The molecule has 6 nitrogen and oxygen atoms in total. The van der Waals surface area contributed by atoms with Crippen LogP contribution in [0.1, 0.15) is 31.8 Å². The summed E-state index contributed by atoms with van der Waals surface area (Å²) in [6.45, 7) is 0. The number of ether oxygens (including phenoxy) is 1. The number of carbonyl (C=O) groups excluding carboxylic acids is 2. The Labute approximate surface area is 186 Å². The molecule has 0 heterocycles. The first-order chi connectivity index (χ1) is 14.6. The van der Waals surface area contributed by atoms with Crippen molar-refractivity contribution in [3.8, 4) is 0 Å². The maximum Gasteiger partial charge on any atom is 0.416 e. The highest BCUT2D eigenvalue weighted by Gasteiger charge is 2.32. The van der Waals surface area contributed by atoms with Gasteiger partial charge in [0.2, 0.25) is 0 Å². The number of hydrogen-bond acceptors (Lipinski definition) is 3. The Morgan fingerprint density at radius 3 is 1.62 bits per heavy atom. The van der Waals surface area contributed by atoms with Gasteiger partial charge in [0.15, 0.2) is 5.96 Å². The Balaban J connectivity index is 0.000000323. The fraction of sp³-hybridized carbons (Fsp3) is 0.167. The van der Waals surface area contributed by atoms with Crippen LogP contribution in [0.15, 0.2) is 41.4 Å². The van der Waals surface area contributed by atoms with E-state index in [1.807, 2.05) is 0 Å².